The second kappa shape index (κ2) is 7.10. The molecule has 122 valence electrons. The van der Waals surface area contributed by atoms with Gasteiger partial charge in [-0.25, -0.2) is 0 Å². The van der Waals surface area contributed by atoms with Crippen molar-refractivity contribution in [3.63, 3.8) is 0 Å². The van der Waals surface area contributed by atoms with Crippen molar-refractivity contribution in [2.75, 3.05) is 6.54 Å². The Morgan fingerprint density at radius 2 is 2.13 bits per heavy atom. The third-order valence-electron chi connectivity index (χ3n) is 3.90. The fourth-order valence-electron chi connectivity index (χ4n) is 2.30. The molecule has 7 heteroatoms. The molecule has 0 radical (unpaired) electrons. The standard InChI is InChI=1S/C16H19ClN4O2/c17-12-5-3-11(4-6-12)16-20-15(23-21-16)8-7-14(22)19-9-13(18)10-1-2-10/h3-6,10,13H,1-2,7-9,18H2,(H,19,22). The van der Waals surface area contributed by atoms with Crippen LogP contribution >= 0.6 is 11.6 Å². The molecule has 1 saturated carbocycles. The summed E-state index contributed by atoms with van der Waals surface area (Å²) in [5.74, 6) is 1.46. The first-order chi connectivity index (χ1) is 11.1. The Labute approximate surface area is 139 Å². The smallest absolute Gasteiger partial charge is 0.227 e. The molecule has 1 aliphatic rings. The van der Waals surface area contributed by atoms with Crippen molar-refractivity contribution in [1.82, 2.24) is 15.5 Å². The maximum atomic E-state index is 11.8. The zero-order valence-electron chi connectivity index (χ0n) is 12.7. The molecular weight excluding hydrogens is 316 g/mol. The van der Waals surface area contributed by atoms with Gasteiger partial charge in [-0.3, -0.25) is 4.79 Å². The third-order valence-corrected chi connectivity index (χ3v) is 4.15. The van der Waals surface area contributed by atoms with Gasteiger partial charge in [-0.1, -0.05) is 16.8 Å². The van der Waals surface area contributed by atoms with Gasteiger partial charge in [0.25, 0.3) is 0 Å². The molecule has 3 N–H and O–H groups in total. The minimum atomic E-state index is -0.0488. The molecule has 1 heterocycles. The number of carbonyl (C=O) groups is 1. The van der Waals surface area contributed by atoms with Crippen LogP contribution in [0.3, 0.4) is 0 Å². The Morgan fingerprint density at radius 1 is 1.39 bits per heavy atom. The number of carbonyl (C=O) groups excluding carboxylic acids is 1. The summed E-state index contributed by atoms with van der Waals surface area (Å²) in [6.45, 7) is 0.531. The first kappa shape index (κ1) is 16.0. The van der Waals surface area contributed by atoms with Gasteiger partial charge < -0.3 is 15.6 Å². The van der Waals surface area contributed by atoms with Crippen molar-refractivity contribution in [2.24, 2.45) is 11.7 Å². The lowest BCUT2D eigenvalue weighted by atomic mass is 10.2. The predicted octanol–water partition coefficient (Wildman–Crippen LogP) is 2.18. The molecule has 1 amide bonds. The number of hydrogen-bond donors (Lipinski definition) is 2. The van der Waals surface area contributed by atoms with E-state index in [-0.39, 0.29) is 11.9 Å². The van der Waals surface area contributed by atoms with Gasteiger partial charge in [-0.2, -0.15) is 4.98 Å². The van der Waals surface area contributed by atoms with Crippen LogP contribution in [0.25, 0.3) is 11.4 Å². The van der Waals surface area contributed by atoms with Crippen LogP contribution in [0, 0.1) is 5.92 Å². The summed E-state index contributed by atoms with van der Waals surface area (Å²) in [6.07, 6.45) is 3.06. The zero-order chi connectivity index (χ0) is 16.2. The molecule has 23 heavy (non-hydrogen) atoms. The van der Waals surface area contributed by atoms with E-state index in [9.17, 15) is 4.79 Å². The summed E-state index contributed by atoms with van der Waals surface area (Å²) >= 11 is 5.85. The van der Waals surface area contributed by atoms with E-state index in [2.05, 4.69) is 15.5 Å². The van der Waals surface area contributed by atoms with Crippen LogP contribution in [0.15, 0.2) is 28.8 Å². The average molecular weight is 335 g/mol. The molecule has 0 aliphatic heterocycles. The van der Waals surface area contributed by atoms with E-state index in [0.29, 0.717) is 42.0 Å². The Morgan fingerprint density at radius 3 is 2.83 bits per heavy atom. The minimum absolute atomic E-state index is 0.0488. The van der Waals surface area contributed by atoms with E-state index >= 15 is 0 Å². The topological polar surface area (TPSA) is 94.0 Å². The summed E-state index contributed by atoms with van der Waals surface area (Å²) in [4.78, 5) is 16.1. The summed E-state index contributed by atoms with van der Waals surface area (Å²) in [5.41, 5.74) is 6.77. The van der Waals surface area contributed by atoms with Crippen LogP contribution in [0.1, 0.15) is 25.2 Å². The number of aryl methyl sites for hydroxylation is 1. The van der Waals surface area contributed by atoms with E-state index in [1.807, 2.05) is 12.1 Å². The van der Waals surface area contributed by atoms with E-state index < -0.39 is 0 Å². The molecule has 1 aromatic carbocycles. The van der Waals surface area contributed by atoms with E-state index in [1.165, 1.54) is 12.8 Å². The lowest BCUT2D eigenvalue weighted by molar-refractivity contribution is -0.121. The lowest BCUT2D eigenvalue weighted by Gasteiger charge is -2.10. The van der Waals surface area contributed by atoms with Crippen LogP contribution in [0.5, 0.6) is 0 Å². The van der Waals surface area contributed by atoms with Crippen LogP contribution in [0.2, 0.25) is 5.02 Å². The first-order valence-electron chi connectivity index (χ1n) is 7.72. The summed E-state index contributed by atoms with van der Waals surface area (Å²) in [7, 11) is 0. The van der Waals surface area contributed by atoms with E-state index in [4.69, 9.17) is 21.9 Å². The molecule has 1 fully saturated rings. The molecule has 3 rings (SSSR count). The quantitative estimate of drug-likeness (QED) is 0.809. The fraction of sp³-hybridized carbons (Fsp3) is 0.438. The highest BCUT2D eigenvalue weighted by molar-refractivity contribution is 6.30. The molecular formula is C16H19ClN4O2. The highest BCUT2D eigenvalue weighted by Crippen LogP contribution is 2.31. The number of amides is 1. The second-order valence-corrected chi connectivity index (χ2v) is 6.26. The van der Waals surface area contributed by atoms with Crippen molar-refractivity contribution in [1.29, 1.82) is 0 Å². The SMILES string of the molecule is NC(CNC(=O)CCc1nc(-c2ccc(Cl)cc2)no1)C1CC1. The van der Waals surface area contributed by atoms with Crippen LogP contribution in [0.4, 0.5) is 0 Å². The molecule has 6 nitrogen and oxygen atoms in total. The van der Waals surface area contributed by atoms with Crippen molar-refractivity contribution in [3.8, 4) is 11.4 Å². The number of nitrogens with two attached hydrogens (primary N) is 1. The number of rotatable bonds is 7. The summed E-state index contributed by atoms with van der Waals surface area (Å²) in [5, 5.41) is 7.42. The summed E-state index contributed by atoms with van der Waals surface area (Å²) < 4.78 is 5.17. The number of nitrogens with zero attached hydrogens (tertiary/aromatic N) is 2. The molecule has 1 unspecified atom stereocenters. The second-order valence-electron chi connectivity index (χ2n) is 5.82. The van der Waals surface area contributed by atoms with Crippen LogP contribution in [-0.2, 0) is 11.2 Å². The Balaban J connectivity index is 1.46. The van der Waals surface area contributed by atoms with Gasteiger partial charge >= 0.3 is 0 Å². The molecule has 0 bridgehead atoms. The number of benzene rings is 1. The van der Waals surface area contributed by atoms with Gasteiger partial charge in [0, 0.05) is 36.0 Å². The molecule has 0 saturated heterocycles. The maximum Gasteiger partial charge on any atom is 0.227 e. The van der Waals surface area contributed by atoms with Gasteiger partial charge in [-0.05, 0) is 43.0 Å². The number of aromatic nitrogens is 2. The monoisotopic (exact) mass is 334 g/mol. The highest BCUT2D eigenvalue weighted by Gasteiger charge is 2.28. The van der Waals surface area contributed by atoms with Crippen molar-refractivity contribution in [2.45, 2.75) is 31.7 Å². The largest absolute Gasteiger partial charge is 0.355 e. The van der Waals surface area contributed by atoms with Gasteiger partial charge in [0.15, 0.2) is 0 Å². The fourth-order valence-corrected chi connectivity index (χ4v) is 2.43. The Hall–Kier alpha value is -1.92. The number of nitrogens with one attached hydrogen (secondary N) is 1. The Bertz CT molecular complexity index is 667. The zero-order valence-corrected chi connectivity index (χ0v) is 13.4. The van der Waals surface area contributed by atoms with Crippen LogP contribution < -0.4 is 11.1 Å². The predicted molar refractivity (Wildman–Crippen MR) is 86.8 cm³/mol. The van der Waals surface area contributed by atoms with E-state index in [1.54, 1.807) is 12.1 Å². The molecule has 1 aromatic heterocycles. The van der Waals surface area contributed by atoms with Gasteiger partial charge in [0.05, 0.1) is 0 Å². The normalized spacial score (nSPS) is 15.4. The van der Waals surface area contributed by atoms with Gasteiger partial charge in [-0.15, -0.1) is 0 Å². The molecule has 2 aromatic rings. The van der Waals surface area contributed by atoms with E-state index in [0.717, 1.165) is 5.56 Å². The summed E-state index contributed by atoms with van der Waals surface area (Å²) in [6, 6.07) is 7.25. The van der Waals surface area contributed by atoms with Crippen molar-refractivity contribution < 1.29 is 9.32 Å². The number of hydrogen-bond acceptors (Lipinski definition) is 5. The average Bonchev–Trinajstić information content (AvgIpc) is 3.30. The highest BCUT2D eigenvalue weighted by atomic mass is 35.5. The van der Waals surface area contributed by atoms with Crippen LogP contribution in [-0.4, -0.2) is 28.6 Å². The molecule has 1 aliphatic carbocycles. The van der Waals surface area contributed by atoms with Gasteiger partial charge in [0.1, 0.15) is 0 Å². The first-order valence-corrected chi connectivity index (χ1v) is 8.10. The molecule has 0 spiro atoms. The third kappa shape index (κ3) is 4.53. The molecule has 1 atom stereocenters. The number of halogens is 1. The maximum absolute atomic E-state index is 11.8. The minimum Gasteiger partial charge on any atom is -0.355 e. The van der Waals surface area contributed by atoms with Crippen molar-refractivity contribution in [3.05, 3.63) is 35.2 Å². The Kier molecular flexibility index (Phi) is 4.93. The van der Waals surface area contributed by atoms with Crippen molar-refractivity contribution >= 4 is 17.5 Å². The lowest BCUT2D eigenvalue weighted by Crippen LogP contribution is -2.38. The van der Waals surface area contributed by atoms with Gasteiger partial charge in [0.2, 0.25) is 17.6 Å².